The summed E-state index contributed by atoms with van der Waals surface area (Å²) in [6, 6.07) is -0.408. The third-order valence-electron chi connectivity index (χ3n) is 2.04. The van der Waals surface area contributed by atoms with Crippen LogP contribution in [-0.2, 0) is 9.53 Å². The Kier molecular flexibility index (Phi) is 12.6. The zero-order valence-electron chi connectivity index (χ0n) is 10.4. The minimum absolute atomic E-state index is 0. The lowest BCUT2D eigenvalue weighted by Gasteiger charge is -2.13. The number of halogens is 1. The second kappa shape index (κ2) is 11.2. The molecule has 1 atom stereocenters. The molecule has 1 unspecified atom stereocenters. The van der Waals surface area contributed by atoms with E-state index in [1.54, 1.807) is 0 Å². The van der Waals surface area contributed by atoms with Crippen molar-refractivity contribution in [3.05, 3.63) is 0 Å². The maximum atomic E-state index is 10.8. The molecule has 98 valence electrons. The van der Waals surface area contributed by atoms with Gasteiger partial charge in [-0.05, 0) is 33.2 Å². The van der Waals surface area contributed by atoms with Gasteiger partial charge in [0.25, 0.3) is 0 Å². The van der Waals surface area contributed by atoms with Crippen molar-refractivity contribution in [3.8, 4) is 0 Å². The molecule has 0 aromatic heterocycles. The monoisotopic (exact) mass is 253 g/mol. The number of aliphatic carboxylic acids is 1. The van der Waals surface area contributed by atoms with Crippen molar-refractivity contribution in [1.82, 2.24) is 5.32 Å². The fourth-order valence-corrected chi connectivity index (χ4v) is 1.27. The highest BCUT2D eigenvalue weighted by molar-refractivity contribution is 5.85. The van der Waals surface area contributed by atoms with Crippen molar-refractivity contribution < 1.29 is 14.6 Å². The highest BCUT2D eigenvalue weighted by Crippen LogP contribution is 1.97. The van der Waals surface area contributed by atoms with Crippen LogP contribution in [0.15, 0.2) is 0 Å². The molecule has 0 bridgehead atoms. The number of nitrogens with one attached hydrogen (secondary N) is 1. The highest BCUT2D eigenvalue weighted by atomic mass is 35.5. The van der Waals surface area contributed by atoms with E-state index in [1.165, 1.54) is 0 Å². The van der Waals surface area contributed by atoms with Gasteiger partial charge in [0.15, 0.2) is 0 Å². The Bertz CT molecular complexity index is 177. The number of ether oxygens (including phenoxy) is 1. The first-order valence-corrected chi connectivity index (χ1v) is 5.65. The molecule has 0 spiro atoms. The van der Waals surface area contributed by atoms with Gasteiger partial charge in [0.2, 0.25) is 0 Å². The molecular weight excluding hydrogens is 230 g/mol. The Morgan fingerprint density at radius 2 is 2.06 bits per heavy atom. The van der Waals surface area contributed by atoms with Crippen LogP contribution in [0, 0.1) is 0 Å². The van der Waals surface area contributed by atoms with E-state index in [0.717, 1.165) is 12.8 Å². The summed E-state index contributed by atoms with van der Waals surface area (Å²) in [7, 11) is 0. The summed E-state index contributed by atoms with van der Waals surface area (Å²) in [6.07, 6.45) is 2.66. The zero-order chi connectivity index (χ0) is 11.7. The second-order valence-electron chi connectivity index (χ2n) is 3.91. The normalized spacial score (nSPS) is 12.2. The van der Waals surface area contributed by atoms with E-state index in [2.05, 4.69) is 5.32 Å². The molecule has 16 heavy (non-hydrogen) atoms. The molecule has 5 heteroatoms. The molecule has 0 saturated heterocycles. The van der Waals surface area contributed by atoms with Gasteiger partial charge in [0.05, 0.1) is 6.10 Å². The van der Waals surface area contributed by atoms with Gasteiger partial charge >= 0.3 is 5.97 Å². The number of rotatable bonds is 9. The molecule has 0 rings (SSSR count). The lowest BCUT2D eigenvalue weighted by molar-refractivity contribution is -0.139. The van der Waals surface area contributed by atoms with Crippen LogP contribution in [0.5, 0.6) is 0 Å². The van der Waals surface area contributed by atoms with Crippen LogP contribution in [-0.4, -0.2) is 36.4 Å². The Morgan fingerprint density at radius 3 is 2.50 bits per heavy atom. The molecule has 0 radical (unpaired) electrons. The van der Waals surface area contributed by atoms with Crippen LogP contribution in [0.1, 0.15) is 40.0 Å². The summed E-state index contributed by atoms with van der Waals surface area (Å²) in [6.45, 7) is 7.35. The largest absolute Gasteiger partial charge is 0.480 e. The van der Waals surface area contributed by atoms with E-state index in [1.807, 2.05) is 20.8 Å². The number of hydrogen-bond donors (Lipinski definition) is 2. The Hall–Kier alpha value is -0.320. The minimum Gasteiger partial charge on any atom is -0.480 e. The van der Waals surface area contributed by atoms with Crippen LogP contribution in [0.4, 0.5) is 0 Å². The van der Waals surface area contributed by atoms with Crippen LogP contribution >= 0.6 is 12.4 Å². The third kappa shape index (κ3) is 10.2. The Labute approximate surface area is 104 Å². The van der Waals surface area contributed by atoms with Gasteiger partial charge in [-0.2, -0.15) is 0 Å². The number of carboxylic acid groups (broad SMARTS) is 1. The molecule has 0 aliphatic rings. The summed E-state index contributed by atoms with van der Waals surface area (Å²) in [5.41, 5.74) is 0. The predicted octanol–water partition coefficient (Wildman–Crippen LogP) is 2.07. The van der Waals surface area contributed by atoms with Gasteiger partial charge in [0.1, 0.15) is 6.04 Å². The van der Waals surface area contributed by atoms with Crippen molar-refractivity contribution in [2.45, 2.75) is 52.2 Å². The van der Waals surface area contributed by atoms with Gasteiger partial charge in [-0.1, -0.05) is 13.3 Å². The van der Waals surface area contributed by atoms with Crippen LogP contribution in [0.3, 0.4) is 0 Å². The summed E-state index contributed by atoms with van der Waals surface area (Å²) in [5.74, 6) is -0.762. The molecule has 0 aromatic carbocycles. The van der Waals surface area contributed by atoms with Crippen molar-refractivity contribution in [3.63, 3.8) is 0 Å². The van der Waals surface area contributed by atoms with Crippen molar-refractivity contribution in [1.29, 1.82) is 0 Å². The smallest absolute Gasteiger partial charge is 0.320 e. The predicted molar refractivity (Wildman–Crippen MR) is 67.3 cm³/mol. The van der Waals surface area contributed by atoms with Gasteiger partial charge in [-0.3, -0.25) is 4.79 Å². The number of hydrogen-bond acceptors (Lipinski definition) is 3. The van der Waals surface area contributed by atoms with E-state index >= 15 is 0 Å². The Balaban J connectivity index is 0. The zero-order valence-corrected chi connectivity index (χ0v) is 11.2. The highest BCUT2D eigenvalue weighted by Gasteiger charge is 2.14. The third-order valence-corrected chi connectivity index (χ3v) is 2.04. The topological polar surface area (TPSA) is 58.6 Å². The molecular formula is C11H24ClNO3. The lowest BCUT2D eigenvalue weighted by Crippen LogP contribution is -2.37. The maximum absolute atomic E-state index is 10.8. The van der Waals surface area contributed by atoms with E-state index in [4.69, 9.17) is 9.84 Å². The summed E-state index contributed by atoms with van der Waals surface area (Å²) < 4.78 is 5.36. The standard InChI is InChI=1S/C11H23NO3.ClH/c1-4-6-10(11(13)14)12-7-5-8-15-9(2)3;/h9-10,12H,4-8H2,1-3H3,(H,13,14);1H. The SMILES string of the molecule is CCCC(NCCCOC(C)C)C(=O)O.Cl. The summed E-state index contributed by atoms with van der Waals surface area (Å²) in [4.78, 5) is 10.8. The second-order valence-corrected chi connectivity index (χ2v) is 3.91. The van der Waals surface area contributed by atoms with Crippen molar-refractivity contribution in [2.75, 3.05) is 13.2 Å². The van der Waals surface area contributed by atoms with Crippen molar-refractivity contribution >= 4 is 18.4 Å². The fourth-order valence-electron chi connectivity index (χ4n) is 1.27. The minimum atomic E-state index is -0.762. The molecule has 0 heterocycles. The van der Waals surface area contributed by atoms with Crippen LogP contribution < -0.4 is 5.32 Å². The average Bonchev–Trinajstić information content (AvgIpc) is 2.15. The molecule has 0 amide bonds. The van der Waals surface area contributed by atoms with Gasteiger partial charge < -0.3 is 15.2 Å². The van der Waals surface area contributed by atoms with E-state index in [-0.39, 0.29) is 18.5 Å². The van der Waals surface area contributed by atoms with Crippen LogP contribution in [0.2, 0.25) is 0 Å². The molecule has 4 nitrogen and oxygen atoms in total. The summed E-state index contributed by atoms with van der Waals surface area (Å²) in [5, 5.41) is 11.9. The first-order valence-electron chi connectivity index (χ1n) is 5.65. The number of carboxylic acids is 1. The average molecular weight is 254 g/mol. The molecule has 0 fully saturated rings. The first-order chi connectivity index (χ1) is 7.07. The van der Waals surface area contributed by atoms with Gasteiger partial charge in [-0.15, -0.1) is 12.4 Å². The Morgan fingerprint density at radius 1 is 1.44 bits per heavy atom. The van der Waals surface area contributed by atoms with E-state index < -0.39 is 12.0 Å². The molecule has 0 saturated carbocycles. The van der Waals surface area contributed by atoms with Crippen LogP contribution in [0.25, 0.3) is 0 Å². The fraction of sp³-hybridized carbons (Fsp3) is 0.909. The van der Waals surface area contributed by atoms with Gasteiger partial charge in [-0.25, -0.2) is 0 Å². The number of carbonyl (C=O) groups is 1. The summed E-state index contributed by atoms with van der Waals surface area (Å²) >= 11 is 0. The first kappa shape index (κ1) is 18.1. The molecule has 2 N–H and O–H groups in total. The van der Waals surface area contributed by atoms with E-state index in [0.29, 0.717) is 19.6 Å². The maximum Gasteiger partial charge on any atom is 0.320 e. The van der Waals surface area contributed by atoms with Gasteiger partial charge in [0, 0.05) is 6.61 Å². The van der Waals surface area contributed by atoms with Crippen molar-refractivity contribution in [2.24, 2.45) is 0 Å². The quantitative estimate of drug-likeness (QED) is 0.618. The van der Waals surface area contributed by atoms with E-state index in [9.17, 15) is 4.79 Å². The molecule has 0 aromatic rings. The lowest BCUT2D eigenvalue weighted by atomic mass is 10.1. The molecule has 0 aliphatic carbocycles. The molecule has 0 aliphatic heterocycles.